The lowest BCUT2D eigenvalue weighted by atomic mass is 9.64. The van der Waals surface area contributed by atoms with Crippen molar-refractivity contribution >= 4 is 5.91 Å². The van der Waals surface area contributed by atoms with E-state index >= 15 is 0 Å². The highest BCUT2D eigenvalue weighted by molar-refractivity contribution is 5.83. The molecule has 1 aromatic rings. The standard InChI is InChI=1S/C17H24N2O/c18-15(14-7-8-14)12-19-16(20)17(9-4-10-17)11-13-5-2-1-3-6-13/h1-3,5-6,14-15H,4,7-12,18H2,(H,19,20). The highest BCUT2D eigenvalue weighted by Gasteiger charge is 2.44. The van der Waals surface area contributed by atoms with Crippen LogP contribution in [0.1, 0.15) is 37.7 Å². The van der Waals surface area contributed by atoms with E-state index in [0.29, 0.717) is 12.5 Å². The first-order chi connectivity index (χ1) is 9.70. The van der Waals surface area contributed by atoms with Crippen molar-refractivity contribution in [2.75, 3.05) is 6.54 Å². The second-order valence-electron chi connectivity index (χ2n) is 6.51. The van der Waals surface area contributed by atoms with Gasteiger partial charge in [0.05, 0.1) is 5.41 Å². The van der Waals surface area contributed by atoms with E-state index in [1.807, 2.05) is 18.2 Å². The van der Waals surface area contributed by atoms with Gasteiger partial charge in [-0.3, -0.25) is 4.79 Å². The molecule has 3 heteroatoms. The molecule has 2 saturated carbocycles. The Labute approximate surface area is 120 Å². The molecular formula is C17H24N2O. The monoisotopic (exact) mass is 272 g/mol. The number of rotatable bonds is 6. The molecule has 2 aliphatic rings. The second-order valence-corrected chi connectivity index (χ2v) is 6.51. The smallest absolute Gasteiger partial charge is 0.226 e. The summed E-state index contributed by atoms with van der Waals surface area (Å²) in [5.74, 6) is 0.852. The van der Waals surface area contributed by atoms with Gasteiger partial charge in [0.1, 0.15) is 0 Å². The summed E-state index contributed by atoms with van der Waals surface area (Å²) in [4.78, 5) is 12.5. The van der Waals surface area contributed by atoms with Gasteiger partial charge < -0.3 is 11.1 Å². The molecule has 1 atom stereocenters. The van der Waals surface area contributed by atoms with Crippen LogP contribution < -0.4 is 11.1 Å². The van der Waals surface area contributed by atoms with Crippen molar-refractivity contribution in [3.63, 3.8) is 0 Å². The van der Waals surface area contributed by atoms with Crippen LogP contribution in [-0.4, -0.2) is 18.5 Å². The second kappa shape index (κ2) is 5.57. The van der Waals surface area contributed by atoms with Crippen molar-refractivity contribution in [1.82, 2.24) is 5.32 Å². The molecule has 0 saturated heterocycles. The molecule has 3 rings (SSSR count). The molecule has 0 spiro atoms. The van der Waals surface area contributed by atoms with Crippen LogP contribution in [0.25, 0.3) is 0 Å². The number of benzene rings is 1. The summed E-state index contributed by atoms with van der Waals surface area (Å²) < 4.78 is 0. The minimum atomic E-state index is -0.176. The van der Waals surface area contributed by atoms with Crippen molar-refractivity contribution in [2.45, 2.75) is 44.6 Å². The third-order valence-electron chi connectivity index (χ3n) is 4.90. The molecule has 0 heterocycles. The maximum absolute atomic E-state index is 12.5. The Kier molecular flexibility index (Phi) is 3.79. The zero-order valence-corrected chi connectivity index (χ0v) is 12.0. The number of amides is 1. The van der Waals surface area contributed by atoms with E-state index in [4.69, 9.17) is 5.73 Å². The molecule has 1 aromatic carbocycles. The van der Waals surface area contributed by atoms with Gasteiger partial charge in [0.25, 0.3) is 0 Å². The third-order valence-corrected chi connectivity index (χ3v) is 4.90. The Hall–Kier alpha value is -1.35. The summed E-state index contributed by atoms with van der Waals surface area (Å²) in [7, 11) is 0. The highest BCUT2D eigenvalue weighted by atomic mass is 16.2. The van der Waals surface area contributed by atoms with E-state index < -0.39 is 0 Å². The topological polar surface area (TPSA) is 55.1 Å². The van der Waals surface area contributed by atoms with E-state index in [1.165, 1.54) is 18.4 Å². The molecular weight excluding hydrogens is 248 g/mol. The van der Waals surface area contributed by atoms with Crippen molar-refractivity contribution in [3.8, 4) is 0 Å². The molecule has 108 valence electrons. The zero-order valence-electron chi connectivity index (χ0n) is 12.0. The Morgan fingerprint density at radius 1 is 1.30 bits per heavy atom. The molecule has 20 heavy (non-hydrogen) atoms. The number of carbonyl (C=O) groups is 1. The maximum atomic E-state index is 12.5. The fourth-order valence-corrected chi connectivity index (χ4v) is 3.16. The summed E-state index contributed by atoms with van der Waals surface area (Å²) in [5, 5.41) is 3.10. The highest BCUT2D eigenvalue weighted by Crippen LogP contribution is 2.44. The van der Waals surface area contributed by atoms with Gasteiger partial charge in [0.15, 0.2) is 0 Å². The van der Waals surface area contributed by atoms with Gasteiger partial charge in [-0.25, -0.2) is 0 Å². The van der Waals surface area contributed by atoms with Gasteiger partial charge in [-0.05, 0) is 43.6 Å². The molecule has 0 radical (unpaired) electrons. The summed E-state index contributed by atoms with van der Waals surface area (Å²) in [5.41, 5.74) is 7.15. The van der Waals surface area contributed by atoms with Crippen LogP contribution in [-0.2, 0) is 11.2 Å². The predicted octanol–water partition coefficient (Wildman–Crippen LogP) is 2.25. The van der Waals surface area contributed by atoms with Crippen LogP contribution in [0.3, 0.4) is 0 Å². The SMILES string of the molecule is NC(CNC(=O)C1(Cc2ccccc2)CCC1)C1CC1. The summed E-state index contributed by atoms with van der Waals surface area (Å²) in [6.07, 6.45) is 6.49. The Bertz CT molecular complexity index is 463. The summed E-state index contributed by atoms with van der Waals surface area (Å²) >= 11 is 0. The van der Waals surface area contributed by atoms with Crippen molar-refractivity contribution < 1.29 is 4.79 Å². The van der Waals surface area contributed by atoms with Crippen LogP contribution in [0.4, 0.5) is 0 Å². The van der Waals surface area contributed by atoms with Crippen LogP contribution >= 0.6 is 0 Å². The molecule has 0 bridgehead atoms. The van der Waals surface area contributed by atoms with Crippen LogP contribution in [0.2, 0.25) is 0 Å². The number of carbonyl (C=O) groups excluding carboxylic acids is 1. The first-order valence-corrected chi connectivity index (χ1v) is 7.77. The third kappa shape index (κ3) is 2.88. The minimum Gasteiger partial charge on any atom is -0.354 e. The van der Waals surface area contributed by atoms with E-state index in [2.05, 4.69) is 17.4 Å². The first-order valence-electron chi connectivity index (χ1n) is 7.77. The van der Waals surface area contributed by atoms with Gasteiger partial charge in [-0.15, -0.1) is 0 Å². The average Bonchev–Trinajstić information content (AvgIpc) is 3.25. The Morgan fingerprint density at radius 3 is 2.55 bits per heavy atom. The number of nitrogens with two attached hydrogens (primary N) is 1. The molecule has 3 N–H and O–H groups in total. The summed E-state index contributed by atoms with van der Waals surface area (Å²) in [6.45, 7) is 0.639. The summed E-state index contributed by atoms with van der Waals surface area (Å²) in [6, 6.07) is 10.5. The molecule has 2 fully saturated rings. The number of hydrogen-bond acceptors (Lipinski definition) is 2. The molecule has 3 nitrogen and oxygen atoms in total. The Balaban J connectivity index is 1.58. The average molecular weight is 272 g/mol. The lowest BCUT2D eigenvalue weighted by molar-refractivity contribution is -0.136. The molecule has 2 aliphatic carbocycles. The minimum absolute atomic E-state index is 0.146. The van der Waals surface area contributed by atoms with Crippen molar-refractivity contribution in [2.24, 2.45) is 17.1 Å². The van der Waals surface area contributed by atoms with Crippen LogP contribution in [0, 0.1) is 11.3 Å². The quantitative estimate of drug-likeness (QED) is 0.834. The van der Waals surface area contributed by atoms with Gasteiger partial charge in [-0.1, -0.05) is 36.8 Å². The fourth-order valence-electron chi connectivity index (χ4n) is 3.16. The zero-order chi connectivity index (χ0) is 14.0. The van der Waals surface area contributed by atoms with Crippen LogP contribution in [0.15, 0.2) is 30.3 Å². The number of nitrogens with one attached hydrogen (secondary N) is 1. The van der Waals surface area contributed by atoms with E-state index in [-0.39, 0.29) is 17.4 Å². The molecule has 1 amide bonds. The lowest BCUT2D eigenvalue weighted by Gasteiger charge is -2.40. The lowest BCUT2D eigenvalue weighted by Crippen LogP contribution is -2.50. The van der Waals surface area contributed by atoms with E-state index in [0.717, 1.165) is 25.7 Å². The number of hydrogen-bond donors (Lipinski definition) is 2. The molecule has 0 aromatic heterocycles. The molecule has 0 aliphatic heterocycles. The van der Waals surface area contributed by atoms with E-state index in [9.17, 15) is 4.79 Å². The van der Waals surface area contributed by atoms with Crippen molar-refractivity contribution in [1.29, 1.82) is 0 Å². The maximum Gasteiger partial charge on any atom is 0.226 e. The van der Waals surface area contributed by atoms with Gasteiger partial charge in [0, 0.05) is 12.6 Å². The Morgan fingerprint density at radius 2 is 2.00 bits per heavy atom. The molecule has 1 unspecified atom stereocenters. The van der Waals surface area contributed by atoms with Gasteiger partial charge in [-0.2, -0.15) is 0 Å². The van der Waals surface area contributed by atoms with Gasteiger partial charge >= 0.3 is 0 Å². The van der Waals surface area contributed by atoms with Crippen LogP contribution in [0.5, 0.6) is 0 Å². The van der Waals surface area contributed by atoms with E-state index in [1.54, 1.807) is 0 Å². The fraction of sp³-hybridized carbons (Fsp3) is 0.588. The largest absolute Gasteiger partial charge is 0.354 e. The first kappa shape index (κ1) is 13.6. The normalized spacial score (nSPS) is 21.9. The predicted molar refractivity (Wildman–Crippen MR) is 80.1 cm³/mol. The van der Waals surface area contributed by atoms with Crippen molar-refractivity contribution in [3.05, 3.63) is 35.9 Å². The van der Waals surface area contributed by atoms with Gasteiger partial charge in [0.2, 0.25) is 5.91 Å².